The van der Waals surface area contributed by atoms with Gasteiger partial charge in [0.1, 0.15) is 10.3 Å². The Bertz CT molecular complexity index is 720. The van der Waals surface area contributed by atoms with Crippen molar-refractivity contribution in [3.63, 3.8) is 0 Å². The topological polar surface area (TPSA) is 45.8 Å². The maximum atomic E-state index is 12.1. The second-order valence-electron chi connectivity index (χ2n) is 5.46. The summed E-state index contributed by atoms with van der Waals surface area (Å²) >= 11 is 12.7. The van der Waals surface area contributed by atoms with Crippen molar-refractivity contribution >= 4 is 43.5 Å². The van der Waals surface area contributed by atoms with Gasteiger partial charge in [0.15, 0.2) is 0 Å². The van der Waals surface area contributed by atoms with E-state index in [2.05, 4.69) is 41.8 Å². The van der Waals surface area contributed by atoms with Gasteiger partial charge in [-0.1, -0.05) is 32.4 Å². The monoisotopic (exact) mass is 418 g/mol. The number of H-pyrrole nitrogens is 1. The summed E-state index contributed by atoms with van der Waals surface area (Å²) in [6.07, 6.45) is 0. The smallest absolute Gasteiger partial charge is 0.265 e. The standard InChI is InChI=1S/C14H13Br2ClN2O/c1-14(2,3)11-10(16)13(20)19-12(18-11)7-4-5-9(17)8(15)6-7/h4-6H,1-3H3,(H,18,19,20). The Morgan fingerprint density at radius 1 is 1.25 bits per heavy atom. The minimum atomic E-state index is -0.231. The summed E-state index contributed by atoms with van der Waals surface area (Å²) < 4.78 is 1.24. The average Bonchev–Trinajstić information content (AvgIpc) is 2.34. The Hall–Kier alpha value is -0.650. The fourth-order valence-corrected chi connectivity index (χ4v) is 3.01. The molecule has 0 aliphatic carbocycles. The summed E-state index contributed by atoms with van der Waals surface area (Å²) in [6.45, 7) is 6.04. The van der Waals surface area contributed by atoms with Gasteiger partial charge in [0.25, 0.3) is 5.56 Å². The van der Waals surface area contributed by atoms with E-state index in [4.69, 9.17) is 11.6 Å². The SMILES string of the molecule is CC(C)(C)c1nc(-c2ccc(Cl)c(Br)c2)[nH]c(=O)c1Br. The molecule has 106 valence electrons. The Morgan fingerprint density at radius 2 is 1.90 bits per heavy atom. The van der Waals surface area contributed by atoms with Crippen molar-refractivity contribution in [1.29, 1.82) is 0 Å². The molecule has 2 aromatic rings. The van der Waals surface area contributed by atoms with Crippen LogP contribution in [0.1, 0.15) is 26.5 Å². The van der Waals surface area contributed by atoms with Crippen LogP contribution in [0.4, 0.5) is 0 Å². The molecule has 2 rings (SSSR count). The molecule has 0 saturated carbocycles. The third kappa shape index (κ3) is 3.15. The molecule has 0 aliphatic rings. The molecule has 6 heteroatoms. The van der Waals surface area contributed by atoms with Gasteiger partial charge in [-0.3, -0.25) is 4.79 Å². The van der Waals surface area contributed by atoms with Gasteiger partial charge < -0.3 is 4.98 Å². The summed E-state index contributed by atoms with van der Waals surface area (Å²) in [6, 6.07) is 5.42. The molecule has 0 bridgehead atoms. The Balaban J connectivity index is 2.67. The Morgan fingerprint density at radius 3 is 2.45 bits per heavy atom. The van der Waals surface area contributed by atoms with Crippen molar-refractivity contribution in [1.82, 2.24) is 9.97 Å². The van der Waals surface area contributed by atoms with Crippen LogP contribution in [-0.4, -0.2) is 9.97 Å². The molecule has 3 nitrogen and oxygen atoms in total. The molecule has 0 radical (unpaired) electrons. The van der Waals surface area contributed by atoms with Gasteiger partial charge in [-0.25, -0.2) is 4.98 Å². The zero-order valence-electron chi connectivity index (χ0n) is 11.2. The van der Waals surface area contributed by atoms with Crippen LogP contribution in [0.25, 0.3) is 11.4 Å². The van der Waals surface area contributed by atoms with Gasteiger partial charge in [0.2, 0.25) is 0 Å². The number of aromatic nitrogens is 2. The molecular formula is C14H13Br2ClN2O. The highest BCUT2D eigenvalue weighted by Crippen LogP contribution is 2.30. The predicted octanol–water partition coefficient (Wildman–Crippen LogP) is 4.91. The first-order chi connectivity index (χ1) is 9.20. The lowest BCUT2D eigenvalue weighted by Gasteiger charge is -2.19. The predicted molar refractivity (Wildman–Crippen MR) is 89.4 cm³/mol. The van der Waals surface area contributed by atoms with Gasteiger partial charge in [-0.2, -0.15) is 0 Å². The number of halogens is 3. The molecule has 0 fully saturated rings. The molecule has 0 amide bonds. The molecule has 1 N–H and O–H groups in total. The van der Waals surface area contributed by atoms with E-state index >= 15 is 0 Å². The van der Waals surface area contributed by atoms with Crippen LogP contribution in [0.15, 0.2) is 31.9 Å². The number of hydrogen-bond donors (Lipinski definition) is 1. The first-order valence-electron chi connectivity index (χ1n) is 5.96. The minimum Gasteiger partial charge on any atom is -0.306 e. The number of rotatable bonds is 1. The lowest BCUT2D eigenvalue weighted by molar-refractivity contribution is 0.562. The summed E-state index contributed by atoms with van der Waals surface area (Å²) in [7, 11) is 0. The van der Waals surface area contributed by atoms with Crippen LogP contribution in [0.2, 0.25) is 5.02 Å². The number of aromatic amines is 1. The van der Waals surface area contributed by atoms with Crippen molar-refractivity contribution < 1.29 is 0 Å². The second-order valence-corrected chi connectivity index (χ2v) is 7.51. The zero-order chi connectivity index (χ0) is 15.1. The molecule has 1 heterocycles. The van der Waals surface area contributed by atoms with Crippen LogP contribution in [0, 0.1) is 0 Å². The number of hydrogen-bond acceptors (Lipinski definition) is 2. The summed E-state index contributed by atoms with van der Waals surface area (Å²) in [5, 5.41) is 0.615. The maximum Gasteiger partial charge on any atom is 0.265 e. The van der Waals surface area contributed by atoms with E-state index in [1.165, 1.54) is 0 Å². The Labute approximate surface area is 139 Å². The van der Waals surface area contributed by atoms with Crippen molar-refractivity contribution in [3.8, 4) is 11.4 Å². The van der Waals surface area contributed by atoms with E-state index in [0.29, 0.717) is 15.3 Å². The van der Waals surface area contributed by atoms with Gasteiger partial charge in [-0.05, 0) is 50.1 Å². The lowest BCUT2D eigenvalue weighted by Crippen LogP contribution is -2.22. The van der Waals surface area contributed by atoms with Crippen molar-refractivity contribution in [2.45, 2.75) is 26.2 Å². The fourth-order valence-electron chi connectivity index (χ4n) is 1.74. The molecule has 0 unspecified atom stereocenters. The minimum absolute atomic E-state index is 0.189. The highest BCUT2D eigenvalue weighted by atomic mass is 79.9. The van der Waals surface area contributed by atoms with Crippen LogP contribution in [-0.2, 0) is 5.41 Å². The number of nitrogens with zero attached hydrogens (tertiary/aromatic N) is 1. The highest BCUT2D eigenvalue weighted by molar-refractivity contribution is 9.10. The number of nitrogens with one attached hydrogen (secondary N) is 1. The first-order valence-corrected chi connectivity index (χ1v) is 7.92. The first kappa shape index (κ1) is 15.7. The van der Waals surface area contributed by atoms with Gasteiger partial charge in [0.05, 0.1) is 10.7 Å². The molecule has 0 aliphatic heterocycles. The molecule has 1 aromatic carbocycles. The largest absolute Gasteiger partial charge is 0.306 e. The molecule has 0 atom stereocenters. The van der Waals surface area contributed by atoms with Gasteiger partial charge in [-0.15, -0.1) is 0 Å². The molecule has 0 saturated heterocycles. The highest BCUT2D eigenvalue weighted by Gasteiger charge is 2.22. The zero-order valence-corrected chi connectivity index (χ0v) is 15.1. The van der Waals surface area contributed by atoms with Crippen molar-refractivity contribution in [2.75, 3.05) is 0 Å². The third-order valence-electron chi connectivity index (χ3n) is 2.77. The van der Waals surface area contributed by atoms with E-state index in [1.54, 1.807) is 6.07 Å². The Kier molecular flexibility index (Phi) is 4.42. The summed E-state index contributed by atoms with van der Waals surface area (Å²) in [5.74, 6) is 0.528. The lowest BCUT2D eigenvalue weighted by atomic mass is 9.92. The van der Waals surface area contributed by atoms with E-state index in [9.17, 15) is 4.79 Å². The maximum absolute atomic E-state index is 12.1. The number of benzene rings is 1. The fraction of sp³-hybridized carbons (Fsp3) is 0.286. The van der Waals surface area contributed by atoms with E-state index in [1.807, 2.05) is 32.9 Å². The van der Waals surface area contributed by atoms with Crippen LogP contribution >= 0.6 is 43.5 Å². The third-order valence-corrected chi connectivity index (χ3v) is 4.72. The second kappa shape index (κ2) is 5.62. The van der Waals surface area contributed by atoms with Crippen LogP contribution in [0.5, 0.6) is 0 Å². The van der Waals surface area contributed by atoms with E-state index in [0.717, 1.165) is 15.7 Å². The normalized spacial score (nSPS) is 11.7. The van der Waals surface area contributed by atoms with Crippen LogP contribution < -0.4 is 5.56 Å². The quantitative estimate of drug-likeness (QED) is 0.712. The van der Waals surface area contributed by atoms with Crippen LogP contribution in [0.3, 0.4) is 0 Å². The molecule has 1 aromatic heterocycles. The summed E-state index contributed by atoms with van der Waals surface area (Å²) in [4.78, 5) is 19.4. The van der Waals surface area contributed by atoms with E-state index < -0.39 is 0 Å². The molecule has 0 spiro atoms. The van der Waals surface area contributed by atoms with Gasteiger partial charge >= 0.3 is 0 Å². The van der Waals surface area contributed by atoms with Gasteiger partial charge in [0, 0.05) is 15.5 Å². The molecule has 20 heavy (non-hydrogen) atoms. The average molecular weight is 421 g/mol. The van der Waals surface area contributed by atoms with E-state index in [-0.39, 0.29) is 11.0 Å². The van der Waals surface area contributed by atoms with Crippen molar-refractivity contribution in [3.05, 3.63) is 48.2 Å². The van der Waals surface area contributed by atoms with Crippen molar-refractivity contribution in [2.24, 2.45) is 0 Å². The summed E-state index contributed by atoms with van der Waals surface area (Å²) in [5.41, 5.74) is 1.11. The molecular weight excluding hydrogens is 407 g/mol.